The van der Waals surface area contributed by atoms with Gasteiger partial charge in [0.15, 0.2) is 0 Å². The lowest BCUT2D eigenvalue weighted by Gasteiger charge is -2.13. The van der Waals surface area contributed by atoms with Gasteiger partial charge in [-0.2, -0.15) is 0 Å². The van der Waals surface area contributed by atoms with Gasteiger partial charge in [-0.15, -0.1) is 0 Å². The van der Waals surface area contributed by atoms with Crippen LogP contribution in [0.15, 0.2) is 18.2 Å². The van der Waals surface area contributed by atoms with Crippen LogP contribution in [0.2, 0.25) is 10.0 Å². The monoisotopic (exact) mass is 298 g/mol. The highest BCUT2D eigenvalue weighted by molar-refractivity contribution is 6.33. The molecule has 104 valence electrons. The number of ketones is 1. The SMILES string of the molecule is O=C(Cc1cc(Cl)ccc1Cl)CC1CCCCCC1. The third-order valence-corrected chi connectivity index (χ3v) is 4.49. The largest absolute Gasteiger partial charge is 0.299 e. The number of rotatable bonds is 4. The van der Waals surface area contributed by atoms with Crippen molar-refractivity contribution in [3.05, 3.63) is 33.8 Å². The number of benzene rings is 1. The summed E-state index contributed by atoms with van der Waals surface area (Å²) in [7, 11) is 0. The first-order chi connectivity index (χ1) is 9.15. The molecule has 3 heteroatoms. The second kappa shape index (κ2) is 7.31. The molecule has 1 aromatic carbocycles. The fourth-order valence-electron chi connectivity index (χ4n) is 2.85. The van der Waals surface area contributed by atoms with Gasteiger partial charge >= 0.3 is 0 Å². The van der Waals surface area contributed by atoms with Crippen molar-refractivity contribution >= 4 is 29.0 Å². The summed E-state index contributed by atoms with van der Waals surface area (Å²) < 4.78 is 0. The Morgan fingerprint density at radius 1 is 1.11 bits per heavy atom. The minimum absolute atomic E-state index is 0.288. The molecule has 1 aliphatic rings. The first-order valence-corrected chi connectivity index (χ1v) is 7.86. The smallest absolute Gasteiger partial charge is 0.137 e. The molecule has 0 bridgehead atoms. The second-order valence-electron chi connectivity index (χ2n) is 5.51. The Morgan fingerprint density at radius 3 is 2.47 bits per heavy atom. The average Bonchev–Trinajstić information content (AvgIpc) is 2.62. The predicted octanol–water partition coefficient (Wildman–Crippen LogP) is 5.47. The molecule has 2 rings (SSSR count). The van der Waals surface area contributed by atoms with E-state index in [9.17, 15) is 4.79 Å². The van der Waals surface area contributed by atoms with Crippen LogP contribution in [0.4, 0.5) is 0 Å². The third-order valence-electron chi connectivity index (χ3n) is 3.89. The van der Waals surface area contributed by atoms with E-state index in [-0.39, 0.29) is 5.78 Å². The maximum Gasteiger partial charge on any atom is 0.137 e. The molecular weight excluding hydrogens is 279 g/mol. The Hall–Kier alpha value is -0.530. The molecule has 1 aromatic rings. The Labute approximate surface area is 125 Å². The van der Waals surface area contributed by atoms with Crippen molar-refractivity contribution in [2.75, 3.05) is 0 Å². The van der Waals surface area contributed by atoms with Gasteiger partial charge in [0.05, 0.1) is 0 Å². The van der Waals surface area contributed by atoms with E-state index in [2.05, 4.69) is 0 Å². The van der Waals surface area contributed by atoms with E-state index in [0.29, 0.717) is 28.8 Å². The van der Waals surface area contributed by atoms with Crippen LogP contribution in [0.25, 0.3) is 0 Å². The molecule has 0 spiro atoms. The first kappa shape index (κ1) is 14.9. The molecule has 0 radical (unpaired) electrons. The van der Waals surface area contributed by atoms with E-state index in [1.165, 1.54) is 38.5 Å². The van der Waals surface area contributed by atoms with Crippen LogP contribution in [0.3, 0.4) is 0 Å². The van der Waals surface area contributed by atoms with Crippen LogP contribution >= 0.6 is 23.2 Å². The van der Waals surface area contributed by atoms with Gasteiger partial charge in [0, 0.05) is 22.9 Å². The van der Waals surface area contributed by atoms with E-state index in [4.69, 9.17) is 23.2 Å². The summed E-state index contributed by atoms with van der Waals surface area (Å²) in [6.07, 6.45) is 8.71. The number of halogens is 2. The molecule has 1 saturated carbocycles. The summed E-state index contributed by atoms with van der Waals surface area (Å²) in [4.78, 5) is 12.2. The van der Waals surface area contributed by atoms with Crippen LogP contribution in [0.5, 0.6) is 0 Å². The maximum atomic E-state index is 12.2. The quantitative estimate of drug-likeness (QED) is 0.674. The van der Waals surface area contributed by atoms with Gasteiger partial charge in [0.25, 0.3) is 0 Å². The molecule has 0 heterocycles. The summed E-state index contributed by atoms with van der Waals surface area (Å²) in [6, 6.07) is 5.32. The first-order valence-electron chi connectivity index (χ1n) is 7.11. The number of carbonyl (C=O) groups is 1. The molecule has 0 N–H and O–H groups in total. The van der Waals surface area contributed by atoms with Gasteiger partial charge in [0.1, 0.15) is 5.78 Å². The zero-order chi connectivity index (χ0) is 13.7. The van der Waals surface area contributed by atoms with E-state index in [0.717, 1.165) is 5.56 Å². The van der Waals surface area contributed by atoms with Crippen LogP contribution < -0.4 is 0 Å². The van der Waals surface area contributed by atoms with Crippen molar-refractivity contribution in [2.24, 2.45) is 5.92 Å². The van der Waals surface area contributed by atoms with Crippen LogP contribution in [0, 0.1) is 5.92 Å². The fraction of sp³-hybridized carbons (Fsp3) is 0.562. The normalized spacial score (nSPS) is 17.2. The van der Waals surface area contributed by atoms with E-state index in [1.807, 2.05) is 0 Å². The van der Waals surface area contributed by atoms with E-state index in [1.54, 1.807) is 18.2 Å². The highest BCUT2D eigenvalue weighted by Crippen LogP contribution is 2.27. The Bertz CT molecular complexity index is 434. The lowest BCUT2D eigenvalue weighted by molar-refractivity contribution is -0.119. The third kappa shape index (κ3) is 4.81. The highest BCUT2D eigenvalue weighted by atomic mass is 35.5. The molecule has 0 unspecified atom stereocenters. The van der Waals surface area contributed by atoms with E-state index >= 15 is 0 Å². The molecule has 19 heavy (non-hydrogen) atoms. The van der Waals surface area contributed by atoms with Crippen molar-refractivity contribution < 1.29 is 4.79 Å². The molecule has 0 atom stereocenters. The number of hydrogen-bond donors (Lipinski definition) is 0. The topological polar surface area (TPSA) is 17.1 Å². The zero-order valence-electron chi connectivity index (χ0n) is 11.1. The van der Waals surface area contributed by atoms with Crippen LogP contribution in [-0.2, 0) is 11.2 Å². The van der Waals surface area contributed by atoms with Gasteiger partial charge < -0.3 is 0 Å². The maximum absolute atomic E-state index is 12.2. The zero-order valence-corrected chi connectivity index (χ0v) is 12.6. The lowest BCUT2D eigenvalue weighted by Crippen LogP contribution is -2.10. The summed E-state index contributed by atoms with van der Waals surface area (Å²) in [5.41, 5.74) is 0.854. The summed E-state index contributed by atoms with van der Waals surface area (Å²) in [6.45, 7) is 0. The molecular formula is C16H20Cl2O. The van der Waals surface area contributed by atoms with Crippen molar-refractivity contribution in [3.8, 4) is 0 Å². The minimum atomic E-state index is 0.288. The minimum Gasteiger partial charge on any atom is -0.299 e. The molecule has 1 nitrogen and oxygen atoms in total. The van der Waals surface area contributed by atoms with Crippen molar-refractivity contribution in [3.63, 3.8) is 0 Å². The van der Waals surface area contributed by atoms with Gasteiger partial charge in [-0.25, -0.2) is 0 Å². The summed E-state index contributed by atoms with van der Waals surface area (Å²) in [5, 5.41) is 1.28. The Morgan fingerprint density at radius 2 is 1.79 bits per heavy atom. The van der Waals surface area contributed by atoms with Crippen LogP contribution in [-0.4, -0.2) is 5.78 Å². The van der Waals surface area contributed by atoms with Crippen LogP contribution in [0.1, 0.15) is 50.5 Å². The second-order valence-corrected chi connectivity index (χ2v) is 6.36. The van der Waals surface area contributed by atoms with Gasteiger partial charge in [-0.1, -0.05) is 61.7 Å². The van der Waals surface area contributed by atoms with Crippen molar-refractivity contribution in [1.29, 1.82) is 0 Å². The molecule has 0 saturated heterocycles. The molecule has 0 aromatic heterocycles. The average molecular weight is 299 g/mol. The number of Topliss-reactive ketones (excluding diaryl/α,β-unsaturated/α-hetero) is 1. The van der Waals surface area contributed by atoms with Crippen molar-refractivity contribution in [2.45, 2.75) is 51.4 Å². The molecule has 1 fully saturated rings. The standard InChI is InChI=1S/C16H20Cl2O/c17-14-7-8-16(18)13(10-14)11-15(19)9-12-5-3-1-2-4-6-12/h7-8,10,12H,1-6,9,11H2. The lowest BCUT2D eigenvalue weighted by atomic mass is 9.92. The summed E-state index contributed by atoms with van der Waals surface area (Å²) in [5.74, 6) is 0.865. The van der Waals surface area contributed by atoms with Gasteiger partial charge in [-0.3, -0.25) is 4.79 Å². The highest BCUT2D eigenvalue weighted by Gasteiger charge is 2.17. The van der Waals surface area contributed by atoms with E-state index < -0.39 is 0 Å². The Kier molecular flexibility index (Phi) is 5.72. The summed E-state index contributed by atoms with van der Waals surface area (Å²) >= 11 is 12.0. The number of hydrogen-bond acceptors (Lipinski definition) is 1. The molecule has 1 aliphatic carbocycles. The van der Waals surface area contributed by atoms with Crippen molar-refractivity contribution in [1.82, 2.24) is 0 Å². The van der Waals surface area contributed by atoms with Gasteiger partial charge in [0.2, 0.25) is 0 Å². The molecule has 0 aliphatic heterocycles. The number of carbonyl (C=O) groups excluding carboxylic acids is 1. The predicted molar refractivity (Wildman–Crippen MR) is 81.0 cm³/mol. The molecule has 0 amide bonds. The Balaban J connectivity index is 1.91. The van der Waals surface area contributed by atoms with Gasteiger partial charge in [-0.05, 0) is 29.7 Å². The fourth-order valence-corrected chi connectivity index (χ4v) is 3.23.